The van der Waals surface area contributed by atoms with Gasteiger partial charge in [-0.15, -0.1) is 11.3 Å². The fourth-order valence-corrected chi connectivity index (χ4v) is 3.78. The smallest absolute Gasteiger partial charge is 0.0462 e. The number of hydrogen-bond donors (Lipinski definition) is 1. The molecule has 1 atom stereocenters. The Hall–Kier alpha value is -0.380. The Bertz CT molecular complexity index is 306. The molecule has 0 saturated heterocycles. The summed E-state index contributed by atoms with van der Waals surface area (Å²) in [6.07, 6.45) is 7.99. The van der Waals surface area contributed by atoms with E-state index >= 15 is 0 Å². The van der Waals surface area contributed by atoms with Crippen LogP contribution in [0.2, 0.25) is 0 Å². The minimum Gasteiger partial charge on any atom is -0.385 e. The van der Waals surface area contributed by atoms with Crippen LogP contribution in [-0.2, 0) is 4.74 Å². The van der Waals surface area contributed by atoms with E-state index < -0.39 is 0 Å². The van der Waals surface area contributed by atoms with Gasteiger partial charge < -0.3 is 10.1 Å². The van der Waals surface area contributed by atoms with Crippen LogP contribution in [0.3, 0.4) is 0 Å². The predicted octanol–water partition coefficient (Wildman–Crippen LogP) is 4.00. The number of methoxy groups -OCH3 is 1. The molecule has 1 aromatic heterocycles. The van der Waals surface area contributed by atoms with Crippen molar-refractivity contribution in [3.63, 3.8) is 0 Å². The van der Waals surface area contributed by atoms with Crippen molar-refractivity contribution >= 4 is 11.3 Å². The van der Waals surface area contributed by atoms with Crippen molar-refractivity contribution in [3.8, 4) is 0 Å². The Morgan fingerprint density at radius 2 is 2.22 bits per heavy atom. The summed E-state index contributed by atoms with van der Waals surface area (Å²) in [5.74, 6) is 0.853. The Morgan fingerprint density at radius 1 is 1.39 bits per heavy atom. The lowest BCUT2D eigenvalue weighted by Crippen LogP contribution is -2.27. The maximum atomic E-state index is 5.10. The summed E-state index contributed by atoms with van der Waals surface area (Å²) in [5.41, 5.74) is 0. The van der Waals surface area contributed by atoms with Crippen molar-refractivity contribution in [2.24, 2.45) is 5.92 Å². The molecule has 1 aliphatic carbocycles. The van der Waals surface area contributed by atoms with Crippen molar-refractivity contribution in [3.05, 3.63) is 22.4 Å². The first-order chi connectivity index (χ1) is 8.92. The highest BCUT2D eigenvalue weighted by Gasteiger charge is 2.26. The molecule has 0 aromatic carbocycles. The van der Waals surface area contributed by atoms with Gasteiger partial charge in [-0.25, -0.2) is 0 Å². The second-order valence-electron chi connectivity index (χ2n) is 5.19. The summed E-state index contributed by atoms with van der Waals surface area (Å²) in [6, 6.07) is 5.06. The van der Waals surface area contributed by atoms with E-state index in [1.807, 2.05) is 11.3 Å². The van der Waals surface area contributed by atoms with E-state index in [1.54, 1.807) is 7.11 Å². The van der Waals surface area contributed by atoms with Gasteiger partial charge in [-0.3, -0.25) is 0 Å². The molecule has 2 rings (SSSR count). The molecule has 0 bridgehead atoms. The van der Waals surface area contributed by atoms with Gasteiger partial charge in [-0.1, -0.05) is 18.9 Å². The second-order valence-corrected chi connectivity index (χ2v) is 6.17. The van der Waals surface area contributed by atoms with Crippen LogP contribution in [0.25, 0.3) is 0 Å². The van der Waals surface area contributed by atoms with Gasteiger partial charge in [0, 0.05) is 24.6 Å². The number of thiophene rings is 1. The van der Waals surface area contributed by atoms with Gasteiger partial charge in [0.25, 0.3) is 0 Å². The van der Waals surface area contributed by atoms with Crippen LogP contribution in [0.4, 0.5) is 0 Å². The zero-order chi connectivity index (χ0) is 12.6. The molecule has 0 spiro atoms. The standard InChI is InChI=1S/C15H25NOS/c1-17-11-5-4-10-16-15(13-7-2-3-8-13)14-9-6-12-18-14/h6,9,12-13,15-16H,2-5,7-8,10-11H2,1H3. The maximum absolute atomic E-state index is 5.10. The number of hydrogen-bond acceptors (Lipinski definition) is 3. The summed E-state index contributed by atoms with van der Waals surface area (Å²) in [6.45, 7) is 2.00. The molecule has 1 unspecified atom stereocenters. The third-order valence-electron chi connectivity index (χ3n) is 3.86. The SMILES string of the molecule is COCCCCNC(c1cccs1)C1CCCC1. The average Bonchev–Trinajstić information content (AvgIpc) is 3.06. The average molecular weight is 267 g/mol. The molecular weight excluding hydrogens is 242 g/mol. The largest absolute Gasteiger partial charge is 0.385 e. The van der Waals surface area contributed by atoms with Crippen molar-refractivity contribution in [1.29, 1.82) is 0 Å². The van der Waals surface area contributed by atoms with Gasteiger partial charge in [0.1, 0.15) is 0 Å². The molecule has 0 amide bonds. The van der Waals surface area contributed by atoms with Gasteiger partial charge >= 0.3 is 0 Å². The molecule has 3 heteroatoms. The minimum atomic E-state index is 0.593. The summed E-state index contributed by atoms with van der Waals surface area (Å²) in [5, 5.41) is 5.98. The van der Waals surface area contributed by atoms with Gasteiger partial charge in [-0.2, -0.15) is 0 Å². The van der Waals surface area contributed by atoms with Crippen molar-refractivity contribution in [2.45, 2.75) is 44.6 Å². The molecule has 1 heterocycles. The first-order valence-corrected chi connectivity index (χ1v) is 8.05. The minimum absolute atomic E-state index is 0.593. The molecule has 1 aromatic rings. The van der Waals surface area contributed by atoms with Crippen molar-refractivity contribution in [1.82, 2.24) is 5.32 Å². The Labute approximate surface area is 115 Å². The van der Waals surface area contributed by atoms with Gasteiger partial charge in [0.15, 0.2) is 0 Å². The summed E-state index contributed by atoms with van der Waals surface area (Å²) < 4.78 is 5.10. The summed E-state index contributed by atoms with van der Waals surface area (Å²) in [4.78, 5) is 1.52. The molecule has 102 valence electrons. The monoisotopic (exact) mass is 267 g/mol. The first-order valence-electron chi connectivity index (χ1n) is 7.17. The fraction of sp³-hybridized carbons (Fsp3) is 0.733. The normalized spacial score (nSPS) is 18.3. The lowest BCUT2D eigenvalue weighted by atomic mass is 9.96. The van der Waals surface area contributed by atoms with E-state index in [1.165, 1.54) is 37.0 Å². The zero-order valence-electron chi connectivity index (χ0n) is 11.4. The molecule has 18 heavy (non-hydrogen) atoms. The topological polar surface area (TPSA) is 21.3 Å². The highest BCUT2D eigenvalue weighted by atomic mass is 32.1. The quantitative estimate of drug-likeness (QED) is 0.719. The van der Waals surface area contributed by atoms with E-state index in [2.05, 4.69) is 22.8 Å². The summed E-state index contributed by atoms with van der Waals surface area (Å²) >= 11 is 1.90. The van der Waals surface area contributed by atoms with E-state index in [0.29, 0.717) is 6.04 Å². The number of nitrogens with one attached hydrogen (secondary N) is 1. The van der Waals surface area contributed by atoms with Gasteiger partial charge in [0.2, 0.25) is 0 Å². The van der Waals surface area contributed by atoms with Gasteiger partial charge in [0.05, 0.1) is 0 Å². The van der Waals surface area contributed by atoms with Crippen molar-refractivity contribution < 1.29 is 4.74 Å². The predicted molar refractivity (Wildman–Crippen MR) is 78.1 cm³/mol. The van der Waals surface area contributed by atoms with Crippen molar-refractivity contribution in [2.75, 3.05) is 20.3 Å². The first kappa shape index (κ1) is 14.0. The molecule has 1 N–H and O–H groups in total. The summed E-state index contributed by atoms with van der Waals surface area (Å²) in [7, 11) is 1.78. The molecule has 0 aliphatic heterocycles. The van der Waals surface area contributed by atoms with E-state index in [-0.39, 0.29) is 0 Å². The van der Waals surface area contributed by atoms with Crippen LogP contribution in [0.15, 0.2) is 17.5 Å². The number of rotatable bonds is 8. The fourth-order valence-electron chi connectivity index (χ4n) is 2.89. The molecule has 0 radical (unpaired) electrons. The van der Waals surface area contributed by atoms with E-state index in [9.17, 15) is 0 Å². The van der Waals surface area contributed by atoms with Crippen LogP contribution < -0.4 is 5.32 Å². The van der Waals surface area contributed by atoms with Crippen LogP contribution in [0.1, 0.15) is 49.4 Å². The van der Waals surface area contributed by atoms with Crippen LogP contribution >= 0.6 is 11.3 Å². The van der Waals surface area contributed by atoms with Gasteiger partial charge in [-0.05, 0) is 49.6 Å². The molecular formula is C15H25NOS. The lowest BCUT2D eigenvalue weighted by Gasteiger charge is -2.24. The molecule has 1 fully saturated rings. The Morgan fingerprint density at radius 3 is 2.89 bits per heavy atom. The van der Waals surface area contributed by atoms with E-state index in [0.717, 1.165) is 25.5 Å². The Balaban J connectivity index is 1.81. The number of ether oxygens (including phenoxy) is 1. The highest BCUT2D eigenvalue weighted by molar-refractivity contribution is 7.10. The number of unbranched alkanes of at least 4 members (excludes halogenated alkanes) is 1. The molecule has 2 nitrogen and oxygen atoms in total. The highest BCUT2D eigenvalue weighted by Crippen LogP contribution is 2.37. The van der Waals surface area contributed by atoms with Crippen LogP contribution in [0, 0.1) is 5.92 Å². The third kappa shape index (κ3) is 4.08. The van der Waals surface area contributed by atoms with Crippen LogP contribution in [0.5, 0.6) is 0 Å². The second kappa shape index (κ2) is 7.93. The van der Waals surface area contributed by atoms with E-state index in [4.69, 9.17) is 4.74 Å². The Kier molecular flexibility index (Phi) is 6.18. The lowest BCUT2D eigenvalue weighted by molar-refractivity contribution is 0.191. The molecule has 1 aliphatic rings. The van der Waals surface area contributed by atoms with Crippen LogP contribution in [-0.4, -0.2) is 20.3 Å². The zero-order valence-corrected chi connectivity index (χ0v) is 12.2. The maximum Gasteiger partial charge on any atom is 0.0462 e. The molecule has 1 saturated carbocycles. The third-order valence-corrected chi connectivity index (χ3v) is 4.82.